The van der Waals surface area contributed by atoms with E-state index in [0.717, 1.165) is 40.6 Å². The smallest absolute Gasteiger partial charge is 0.207 e. The third-order valence-electron chi connectivity index (χ3n) is 5.51. The van der Waals surface area contributed by atoms with Crippen molar-refractivity contribution in [3.63, 3.8) is 0 Å². The highest BCUT2D eigenvalue weighted by molar-refractivity contribution is 14.1. The van der Waals surface area contributed by atoms with Crippen LogP contribution in [0.1, 0.15) is 38.5 Å². The van der Waals surface area contributed by atoms with E-state index < -0.39 is 10.0 Å². The monoisotopic (exact) mass is 417 g/mol. The first-order chi connectivity index (χ1) is 9.94. The lowest BCUT2D eigenvalue weighted by Gasteiger charge is -2.56. The number of rotatable bonds is 3. The maximum Gasteiger partial charge on any atom is 0.241 e. The van der Waals surface area contributed by atoms with Gasteiger partial charge in [-0.1, -0.05) is 0 Å². The lowest BCUT2D eigenvalue weighted by molar-refractivity contribution is -0.00810. The lowest BCUT2D eigenvalue weighted by Crippen LogP contribution is -2.59. The van der Waals surface area contributed by atoms with Crippen LogP contribution in [-0.2, 0) is 10.0 Å². The molecule has 1 aromatic rings. The van der Waals surface area contributed by atoms with Crippen LogP contribution in [0.25, 0.3) is 0 Å². The van der Waals surface area contributed by atoms with Crippen molar-refractivity contribution in [3.8, 4) is 0 Å². The summed E-state index contributed by atoms with van der Waals surface area (Å²) in [7, 11) is -3.39. The van der Waals surface area contributed by atoms with Gasteiger partial charge in [-0.25, -0.2) is 13.1 Å². The minimum atomic E-state index is -3.39. The Balaban J connectivity index is 1.61. The summed E-state index contributed by atoms with van der Waals surface area (Å²) in [6.07, 6.45) is 7.10. The zero-order valence-electron chi connectivity index (χ0n) is 11.9. The molecule has 4 saturated carbocycles. The van der Waals surface area contributed by atoms with Crippen LogP contribution in [-0.4, -0.2) is 14.0 Å². The van der Waals surface area contributed by atoms with Gasteiger partial charge in [0.05, 0.1) is 4.90 Å². The molecule has 0 radical (unpaired) electrons. The maximum atomic E-state index is 12.7. The fourth-order valence-corrected chi connectivity index (χ4v) is 6.99. The van der Waals surface area contributed by atoms with Crippen LogP contribution in [0.2, 0.25) is 0 Å². The van der Waals surface area contributed by atoms with E-state index in [-0.39, 0.29) is 5.54 Å². The molecule has 4 bridgehead atoms. The fraction of sp³-hybridized carbons (Fsp3) is 0.625. The van der Waals surface area contributed by atoms with E-state index in [1.54, 1.807) is 12.1 Å². The molecular weight excluding hydrogens is 397 g/mol. The van der Waals surface area contributed by atoms with Crippen molar-refractivity contribution < 1.29 is 8.42 Å². The first-order valence-electron chi connectivity index (χ1n) is 7.74. The molecule has 4 aliphatic rings. The van der Waals surface area contributed by atoms with Gasteiger partial charge in [0.1, 0.15) is 0 Å². The standard InChI is InChI=1S/C16H20INO2S/c17-14-1-3-15(4-2-14)21(19,20)18-16-8-11-5-12(9-16)7-13(6-11)10-16/h1-4,11-13,18H,5-10H2. The summed E-state index contributed by atoms with van der Waals surface area (Å²) in [6, 6.07) is 7.14. The quantitative estimate of drug-likeness (QED) is 0.765. The molecule has 5 heteroatoms. The van der Waals surface area contributed by atoms with Crippen LogP contribution in [0.5, 0.6) is 0 Å². The molecule has 3 nitrogen and oxygen atoms in total. The van der Waals surface area contributed by atoms with Gasteiger partial charge in [-0.3, -0.25) is 0 Å². The molecule has 21 heavy (non-hydrogen) atoms. The molecule has 1 aromatic carbocycles. The van der Waals surface area contributed by atoms with Crippen molar-refractivity contribution in [3.05, 3.63) is 27.8 Å². The highest BCUT2D eigenvalue weighted by Crippen LogP contribution is 2.55. The van der Waals surface area contributed by atoms with E-state index in [0.29, 0.717) is 4.90 Å². The predicted octanol–water partition coefficient (Wildman–Crippen LogP) is 3.54. The Morgan fingerprint density at radius 2 is 1.43 bits per heavy atom. The molecule has 114 valence electrons. The number of hydrogen-bond donors (Lipinski definition) is 1. The van der Waals surface area contributed by atoms with Crippen molar-refractivity contribution in [1.29, 1.82) is 0 Å². The van der Waals surface area contributed by atoms with Crippen LogP contribution in [0.4, 0.5) is 0 Å². The minimum absolute atomic E-state index is 0.156. The third-order valence-corrected chi connectivity index (χ3v) is 7.83. The predicted molar refractivity (Wildman–Crippen MR) is 90.4 cm³/mol. The normalized spacial score (nSPS) is 37.9. The summed E-state index contributed by atoms with van der Waals surface area (Å²) in [5, 5.41) is 0. The molecule has 0 aliphatic heterocycles. The number of halogens is 1. The molecule has 0 atom stereocenters. The number of benzene rings is 1. The van der Waals surface area contributed by atoms with Crippen molar-refractivity contribution in [2.75, 3.05) is 0 Å². The van der Waals surface area contributed by atoms with Gasteiger partial charge in [0.2, 0.25) is 10.0 Å². The molecule has 4 aliphatic carbocycles. The largest absolute Gasteiger partial charge is 0.241 e. The Kier molecular flexibility index (Phi) is 3.39. The van der Waals surface area contributed by atoms with Gasteiger partial charge in [0.25, 0.3) is 0 Å². The average molecular weight is 417 g/mol. The van der Waals surface area contributed by atoms with Crippen LogP contribution in [0.3, 0.4) is 0 Å². The van der Waals surface area contributed by atoms with E-state index in [9.17, 15) is 8.42 Å². The highest BCUT2D eigenvalue weighted by Gasteiger charge is 2.52. The molecule has 0 aromatic heterocycles. The molecule has 0 unspecified atom stereocenters. The number of sulfonamides is 1. The van der Waals surface area contributed by atoms with E-state index in [1.807, 2.05) is 12.1 Å². The molecule has 4 fully saturated rings. The molecule has 0 spiro atoms. The summed E-state index contributed by atoms with van der Waals surface area (Å²) < 4.78 is 29.6. The van der Waals surface area contributed by atoms with Crippen molar-refractivity contribution in [2.45, 2.75) is 49.0 Å². The maximum absolute atomic E-state index is 12.7. The van der Waals surface area contributed by atoms with Gasteiger partial charge in [-0.2, -0.15) is 0 Å². The zero-order valence-corrected chi connectivity index (χ0v) is 14.9. The highest BCUT2D eigenvalue weighted by atomic mass is 127. The second-order valence-corrected chi connectivity index (χ2v) is 10.2. The number of hydrogen-bond acceptors (Lipinski definition) is 2. The van der Waals surface area contributed by atoms with Gasteiger partial charge >= 0.3 is 0 Å². The Hall–Kier alpha value is -0.140. The topological polar surface area (TPSA) is 46.2 Å². The van der Waals surface area contributed by atoms with Crippen molar-refractivity contribution >= 4 is 32.6 Å². The van der Waals surface area contributed by atoms with E-state index in [2.05, 4.69) is 27.3 Å². The summed E-state index contributed by atoms with van der Waals surface area (Å²) in [5.74, 6) is 2.24. The average Bonchev–Trinajstić information content (AvgIpc) is 2.36. The van der Waals surface area contributed by atoms with Crippen LogP contribution in [0.15, 0.2) is 29.2 Å². The van der Waals surface area contributed by atoms with Crippen molar-refractivity contribution in [1.82, 2.24) is 4.72 Å². The van der Waals surface area contributed by atoms with Crippen LogP contribution in [0, 0.1) is 21.3 Å². The van der Waals surface area contributed by atoms with Gasteiger partial charge < -0.3 is 0 Å². The summed E-state index contributed by atoms with van der Waals surface area (Å²) >= 11 is 2.20. The Bertz CT molecular complexity index is 618. The summed E-state index contributed by atoms with van der Waals surface area (Å²) in [5.41, 5.74) is -0.156. The molecular formula is C16H20INO2S. The fourth-order valence-electron chi connectivity index (χ4n) is 5.19. The SMILES string of the molecule is O=S(=O)(NC12CC3CC(CC(C3)C1)C2)c1ccc(I)cc1. The van der Waals surface area contributed by atoms with Gasteiger partial charge in [-0.15, -0.1) is 0 Å². The Morgan fingerprint density at radius 3 is 1.90 bits per heavy atom. The van der Waals surface area contributed by atoms with E-state index >= 15 is 0 Å². The lowest BCUT2D eigenvalue weighted by atomic mass is 9.53. The van der Waals surface area contributed by atoms with Crippen molar-refractivity contribution in [2.24, 2.45) is 17.8 Å². The molecule has 0 saturated heterocycles. The van der Waals surface area contributed by atoms with Gasteiger partial charge in [0, 0.05) is 9.11 Å². The Labute approximate surface area is 140 Å². The molecule has 1 N–H and O–H groups in total. The second kappa shape index (κ2) is 4.93. The molecule has 0 amide bonds. The summed E-state index contributed by atoms with van der Waals surface area (Å²) in [4.78, 5) is 0.402. The summed E-state index contributed by atoms with van der Waals surface area (Å²) in [6.45, 7) is 0. The number of nitrogens with one attached hydrogen (secondary N) is 1. The third kappa shape index (κ3) is 2.65. The first kappa shape index (κ1) is 14.5. The van der Waals surface area contributed by atoms with Crippen LogP contribution >= 0.6 is 22.6 Å². The Morgan fingerprint density at radius 1 is 0.952 bits per heavy atom. The van der Waals surface area contributed by atoms with E-state index in [1.165, 1.54) is 19.3 Å². The van der Waals surface area contributed by atoms with E-state index in [4.69, 9.17) is 0 Å². The second-order valence-electron chi connectivity index (χ2n) is 7.26. The van der Waals surface area contributed by atoms with Gasteiger partial charge in [-0.05, 0) is 103 Å². The van der Waals surface area contributed by atoms with Crippen LogP contribution < -0.4 is 4.72 Å². The molecule has 5 rings (SSSR count). The minimum Gasteiger partial charge on any atom is -0.207 e. The molecule has 0 heterocycles. The zero-order chi connectivity index (χ0) is 14.7. The van der Waals surface area contributed by atoms with Gasteiger partial charge in [0.15, 0.2) is 0 Å². The first-order valence-corrected chi connectivity index (χ1v) is 10.3.